The summed E-state index contributed by atoms with van der Waals surface area (Å²) in [7, 11) is 0. The molecule has 0 bridgehead atoms. The fraction of sp³-hybridized carbons (Fsp3) is 0.500. The third kappa shape index (κ3) is 1.90. The van der Waals surface area contributed by atoms with Crippen molar-refractivity contribution < 1.29 is 4.39 Å². The smallest absolute Gasteiger partial charge is 0.127 e. The van der Waals surface area contributed by atoms with Crippen LogP contribution in [-0.4, -0.2) is 18.6 Å². The Morgan fingerprint density at radius 3 is 2.80 bits per heavy atom. The standard InChI is InChI=1S/C12H17FN2/c1-8-3-4-9(11(13)5-8)10-6-15-7-12(10,2)14/h3-5,10,15H,6-7,14H2,1-2H3. The molecule has 0 radical (unpaired) electrons. The van der Waals surface area contributed by atoms with Gasteiger partial charge in [-0.1, -0.05) is 12.1 Å². The summed E-state index contributed by atoms with van der Waals surface area (Å²) in [4.78, 5) is 0. The van der Waals surface area contributed by atoms with E-state index in [0.29, 0.717) is 0 Å². The molecule has 1 aromatic carbocycles. The first-order chi connectivity index (χ1) is 7.00. The Balaban J connectivity index is 2.37. The van der Waals surface area contributed by atoms with Gasteiger partial charge in [0.2, 0.25) is 0 Å². The molecule has 2 nitrogen and oxygen atoms in total. The zero-order valence-electron chi connectivity index (χ0n) is 9.18. The number of benzene rings is 1. The van der Waals surface area contributed by atoms with E-state index in [-0.39, 0.29) is 17.3 Å². The van der Waals surface area contributed by atoms with Crippen molar-refractivity contribution in [2.45, 2.75) is 25.3 Å². The summed E-state index contributed by atoms with van der Waals surface area (Å²) < 4.78 is 13.8. The van der Waals surface area contributed by atoms with E-state index in [9.17, 15) is 4.39 Å². The minimum absolute atomic E-state index is 0.0677. The second-order valence-electron chi connectivity index (χ2n) is 4.71. The van der Waals surface area contributed by atoms with Crippen LogP contribution < -0.4 is 11.1 Å². The predicted octanol–water partition coefficient (Wildman–Crippen LogP) is 1.54. The maximum absolute atomic E-state index is 13.8. The van der Waals surface area contributed by atoms with Gasteiger partial charge in [-0.05, 0) is 31.0 Å². The van der Waals surface area contributed by atoms with E-state index in [0.717, 1.165) is 24.2 Å². The van der Waals surface area contributed by atoms with Gasteiger partial charge in [-0.15, -0.1) is 0 Å². The lowest BCUT2D eigenvalue weighted by molar-refractivity contribution is 0.447. The summed E-state index contributed by atoms with van der Waals surface area (Å²) in [5.74, 6) is -0.0709. The molecule has 1 aliphatic rings. The van der Waals surface area contributed by atoms with Crippen LogP contribution >= 0.6 is 0 Å². The average Bonchev–Trinajstić information content (AvgIpc) is 2.46. The fourth-order valence-corrected chi connectivity index (χ4v) is 2.22. The maximum Gasteiger partial charge on any atom is 0.127 e. The second-order valence-corrected chi connectivity index (χ2v) is 4.71. The molecule has 15 heavy (non-hydrogen) atoms. The van der Waals surface area contributed by atoms with E-state index in [1.807, 2.05) is 26.0 Å². The number of rotatable bonds is 1. The number of aryl methyl sites for hydroxylation is 1. The summed E-state index contributed by atoms with van der Waals surface area (Å²) in [6.07, 6.45) is 0. The van der Waals surface area contributed by atoms with Crippen LogP contribution in [-0.2, 0) is 0 Å². The molecule has 1 heterocycles. The lowest BCUT2D eigenvalue weighted by Crippen LogP contribution is -2.43. The minimum atomic E-state index is -0.351. The van der Waals surface area contributed by atoms with Gasteiger partial charge >= 0.3 is 0 Å². The Kier molecular flexibility index (Phi) is 2.52. The number of hydrogen-bond acceptors (Lipinski definition) is 2. The van der Waals surface area contributed by atoms with Crippen molar-refractivity contribution in [3.63, 3.8) is 0 Å². The quantitative estimate of drug-likeness (QED) is 0.734. The third-order valence-corrected chi connectivity index (χ3v) is 3.18. The van der Waals surface area contributed by atoms with E-state index in [4.69, 9.17) is 5.73 Å². The zero-order chi connectivity index (χ0) is 11.1. The SMILES string of the molecule is Cc1ccc(C2CNCC2(C)N)c(F)c1. The van der Waals surface area contributed by atoms with Crippen LogP contribution in [0.5, 0.6) is 0 Å². The Hall–Kier alpha value is -0.930. The fourth-order valence-electron chi connectivity index (χ4n) is 2.22. The highest BCUT2D eigenvalue weighted by molar-refractivity contribution is 5.30. The van der Waals surface area contributed by atoms with Crippen LogP contribution in [0.3, 0.4) is 0 Å². The second kappa shape index (κ2) is 3.58. The van der Waals surface area contributed by atoms with Gasteiger partial charge < -0.3 is 11.1 Å². The minimum Gasteiger partial charge on any atom is -0.324 e. The molecule has 1 aliphatic heterocycles. The summed E-state index contributed by atoms with van der Waals surface area (Å²) in [6.45, 7) is 5.36. The number of nitrogens with two attached hydrogens (primary N) is 1. The summed E-state index contributed by atoms with van der Waals surface area (Å²) in [6, 6.07) is 5.37. The Morgan fingerprint density at radius 1 is 1.53 bits per heavy atom. The highest BCUT2D eigenvalue weighted by Gasteiger charge is 2.37. The molecule has 2 atom stereocenters. The summed E-state index contributed by atoms with van der Waals surface area (Å²) >= 11 is 0. The van der Waals surface area contributed by atoms with Crippen molar-refractivity contribution in [2.24, 2.45) is 5.73 Å². The average molecular weight is 208 g/mol. The molecule has 2 rings (SSSR count). The highest BCUT2D eigenvalue weighted by atomic mass is 19.1. The first-order valence-electron chi connectivity index (χ1n) is 5.26. The molecule has 2 unspecified atom stereocenters. The first kappa shape index (κ1) is 10.6. The molecular weight excluding hydrogens is 191 g/mol. The normalized spacial score (nSPS) is 30.8. The molecule has 3 heteroatoms. The van der Waals surface area contributed by atoms with Crippen molar-refractivity contribution in [1.82, 2.24) is 5.32 Å². The predicted molar refractivity (Wildman–Crippen MR) is 59.3 cm³/mol. The first-order valence-corrected chi connectivity index (χ1v) is 5.26. The Morgan fingerprint density at radius 2 is 2.27 bits per heavy atom. The largest absolute Gasteiger partial charge is 0.324 e. The maximum atomic E-state index is 13.8. The summed E-state index contributed by atoms with van der Waals surface area (Å²) in [5.41, 5.74) is 7.46. The van der Waals surface area contributed by atoms with Gasteiger partial charge in [-0.3, -0.25) is 0 Å². The van der Waals surface area contributed by atoms with Crippen LogP contribution in [0.25, 0.3) is 0 Å². The molecule has 0 aromatic heterocycles. The zero-order valence-corrected chi connectivity index (χ0v) is 9.18. The van der Waals surface area contributed by atoms with Crippen LogP contribution in [0.2, 0.25) is 0 Å². The molecule has 1 fully saturated rings. The van der Waals surface area contributed by atoms with Crippen molar-refractivity contribution in [3.05, 3.63) is 35.1 Å². The molecule has 0 amide bonds. The van der Waals surface area contributed by atoms with Crippen molar-refractivity contribution in [2.75, 3.05) is 13.1 Å². The van der Waals surface area contributed by atoms with Crippen molar-refractivity contribution in [3.8, 4) is 0 Å². The van der Waals surface area contributed by atoms with Crippen molar-refractivity contribution in [1.29, 1.82) is 0 Å². The molecule has 0 saturated carbocycles. The van der Waals surface area contributed by atoms with Gasteiger partial charge in [-0.2, -0.15) is 0 Å². The molecule has 1 aromatic rings. The van der Waals surface area contributed by atoms with Crippen LogP contribution in [0.4, 0.5) is 4.39 Å². The summed E-state index contributed by atoms with van der Waals surface area (Å²) in [5, 5.41) is 3.21. The van der Waals surface area contributed by atoms with E-state index in [2.05, 4.69) is 5.32 Å². The van der Waals surface area contributed by atoms with Gasteiger partial charge in [-0.25, -0.2) is 4.39 Å². The van der Waals surface area contributed by atoms with E-state index >= 15 is 0 Å². The lowest BCUT2D eigenvalue weighted by atomic mass is 9.84. The van der Waals surface area contributed by atoms with Gasteiger partial charge in [0.25, 0.3) is 0 Å². The van der Waals surface area contributed by atoms with E-state index in [1.165, 1.54) is 0 Å². The third-order valence-electron chi connectivity index (χ3n) is 3.18. The molecule has 0 aliphatic carbocycles. The molecule has 3 N–H and O–H groups in total. The molecule has 1 saturated heterocycles. The van der Waals surface area contributed by atoms with Crippen LogP contribution in [0.15, 0.2) is 18.2 Å². The topological polar surface area (TPSA) is 38.0 Å². The van der Waals surface area contributed by atoms with Gasteiger partial charge in [0.05, 0.1) is 0 Å². The Bertz CT molecular complexity index is 374. The van der Waals surface area contributed by atoms with E-state index in [1.54, 1.807) is 6.07 Å². The molecular formula is C12H17FN2. The molecule has 82 valence electrons. The van der Waals surface area contributed by atoms with E-state index < -0.39 is 0 Å². The van der Waals surface area contributed by atoms with Crippen LogP contribution in [0.1, 0.15) is 24.0 Å². The number of nitrogens with one attached hydrogen (secondary N) is 1. The Labute approximate surface area is 89.7 Å². The van der Waals surface area contributed by atoms with Gasteiger partial charge in [0.15, 0.2) is 0 Å². The number of hydrogen-bond donors (Lipinski definition) is 2. The monoisotopic (exact) mass is 208 g/mol. The molecule has 0 spiro atoms. The number of halogens is 1. The highest BCUT2D eigenvalue weighted by Crippen LogP contribution is 2.31. The lowest BCUT2D eigenvalue weighted by Gasteiger charge is -2.26. The van der Waals surface area contributed by atoms with Gasteiger partial charge in [0, 0.05) is 24.5 Å². The van der Waals surface area contributed by atoms with Gasteiger partial charge in [0.1, 0.15) is 5.82 Å². The van der Waals surface area contributed by atoms with Crippen molar-refractivity contribution >= 4 is 0 Å². The van der Waals surface area contributed by atoms with Crippen LogP contribution in [0, 0.1) is 12.7 Å².